The Labute approximate surface area is 206 Å². The maximum absolute atomic E-state index is 12.7. The van der Waals surface area contributed by atoms with Crippen LogP contribution in [0.25, 0.3) is 0 Å². The van der Waals surface area contributed by atoms with E-state index >= 15 is 0 Å². The Hall–Kier alpha value is -1.19. The number of unbranched alkanes of at least 4 members (excludes halogenated alkanes) is 1. The minimum Gasteiger partial charge on any atom is -0.443 e. The van der Waals surface area contributed by atoms with Gasteiger partial charge in [-0.2, -0.15) is 0 Å². The van der Waals surface area contributed by atoms with Gasteiger partial charge in [-0.1, -0.05) is 66.5 Å². The Balaban J connectivity index is 1.52. The third kappa shape index (κ3) is 8.51. The molecule has 186 valence electrons. The van der Waals surface area contributed by atoms with Crippen LogP contribution in [-0.4, -0.2) is 67.4 Å². The highest BCUT2D eigenvalue weighted by Gasteiger charge is 2.44. The highest BCUT2D eigenvalue weighted by Crippen LogP contribution is 2.33. The van der Waals surface area contributed by atoms with Crippen molar-refractivity contribution in [3.63, 3.8) is 0 Å². The molecule has 2 aliphatic rings. The predicted molar refractivity (Wildman–Crippen MR) is 131 cm³/mol. The highest BCUT2D eigenvalue weighted by molar-refractivity contribution is 9.09. The van der Waals surface area contributed by atoms with E-state index in [2.05, 4.69) is 40.4 Å². The van der Waals surface area contributed by atoms with Crippen LogP contribution in [-0.2, 0) is 20.6 Å². The zero-order valence-electron chi connectivity index (χ0n) is 19.8. The topological polar surface area (TPSA) is 89.1 Å². The molecule has 7 nitrogen and oxygen atoms in total. The lowest BCUT2D eigenvalue weighted by Gasteiger charge is -2.29. The zero-order chi connectivity index (χ0) is 23.7. The summed E-state index contributed by atoms with van der Waals surface area (Å²) in [6.45, 7) is 6.65. The molecule has 1 aromatic carbocycles. The van der Waals surface area contributed by atoms with E-state index in [1.54, 1.807) is 0 Å². The molecule has 2 aliphatic heterocycles. The molecule has 8 heteroatoms. The first-order chi connectivity index (χ1) is 15.9. The summed E-state index contributed by atoms with van der Waals surface area (Å²) in [7, 11) is 0. The molecule has 0 aliphatic carbocycles. The van der Waals surface area contributed by atoms with Gasteiger partial charge >= 0.3 is 6.09 Å². The lowest BCUT2D eigenvalue weighted by molar-refractivity contribution is -0.0907. The number of carbonyl (C=O) groups excluding carboxylic acids is 1. The normalized spacial score (nSPS) is 24.3. The number of alkyl halides is 1. The fraction of sp³-hybridized carbons (Fsp3) is 0.720. The summed E-state index contributed by atoms with van der Waals surface area (Å²) >= 11 is 3.49. The number of aliphatic hydroxyl groups excluding tert-OH is 1. The molecular weight excluding hydrogens is 488 g/mol. The lowest BCUT2D eigenvalue weighted by atomic mass is 9.87. The van der Waals surface area contributed by atoms with Crippen LogP contribution in [0.5, 0.6) is 0 Å². The maximum atomic E-state index is 12.7. The van der Waals surface area contributed by atoms with Crippen molar-refractivity contribution in [1.82, 2.24) is 10.6 Å². The molecule has 5 unspecified atom stereocenters. The Bertz CT molecular complexity index is 720. The van der Waals surface area contributed by atoms with Gasteiger partial charge in [0.2, 0.25) is 0 Å². The number of rotatable bonds is 13. The lowest BCUT2D eigenvalue weighted by Crippen LogP contribution is -2.50. The number of ether oxygens (including phenoxy) is 3. The van der Waals surface area contributed by atoms with Crippen molar-refractivity contribution in [2.24, 2.45) is 11.3 Å². The number of alkyl carbamates (subject to hydrolysis) is 1. The molecule has 2 heterocycles. The average Bonchev–Trinajstić information content (AvgIpc) is 3.39. The molecule has 2 fully saturated rings. The van der Waals surface area contributed by atoms with Crippen molar-refractivity contribution < 1.29 is 24.1 Å². The molecule has 5 atom stereocenters. The quantitative estimate of drug-likeness (QED) is 0.268. The number of halogens is 1. The molecule has 3 rings (SSSR count). The molecule has 2 saturated heterocycles. The van der Waals surface area contributed by atoms with Crippen molar-refractivity contribution in [2.75, 3.05) is 31.6 Å². The monoisotopic (exact) mass is 526 g/mol. The summed E-state index contributed by atoms with van der Waals surface area (Å²) in [6, 6.07) is 9.40. The number of amides is 1. The van der Waals surface area contributed by atoms with E-state index in [1.807, 2.05) is 30.3 Å². The van der Waals surface area contributed by atoms with Gasteiger partial charge in [0.15, 0.2) is 6.29 Å². The van der Waals surface area contributed by atoms with Crippen LogP contribution >= 0.6 is 15.9 Å². The smallest absolute Gasteiger partial charge is 0.407 e. The molecular formula is C25H39BrN2O5. The summed E-state index contributed by atoms with van der Waals surface area (Å²) < 4.78 is 16.7. The number of hydrogen-bond acceptors (Lipinski definition) is 6. The number of nitrogens with one attached hydrogen (secondary N) is 2. The molecule has 33 heavy (non-hydrogen) atoms. The Kier molecular flexibility index (Phi) is 10.4. The summed E-state index contributed by atoms with van der Waals surface area (Å²) in [5, 5.41) is 18.3. The van der Waals surface area contributed by atoms with Gasteiger partial charge in [0.1, 0.15) is 6.10 Å². The molecule has 0 radical (unpaired) electrons. The van der Waals surface area contributed by atoms with E-state index in [4.69, 9.17) is 14.2 Å². The average molecular weight is 528 g/mol. The van der Waals surface area contributed by atoms with E-state index in [0.29, 0.717) is 26.2 Å². The van der Waals surface area contributed by atoms with Gasteiger partial charge < -0.3 is 30.0 Å². The molecule has 0 aromatic heterocycles. The van der Waals surface area contributed by atoms with E-state index in [0.717, 1.165) is 36.7 Å². The van der Waals surface area contributed by atoms with Crippen LogP contribution < -0.4 is 10.6 Å². The van der Waals surface area contributed by atoms with Gasteiger partial charge in [-0.05, 0) is 36.7 Å². The van der Waals surface area contributed by atoms with Gasteiger partial charge in [-0.25, -0.2) is 4.79 Å². The molecule has 3 N–H and O–H groups in total. The number of benzene rings is 1. The largest absolute Gasteiger partial charge is 0.443 e. The summed E-state index contributed by atoms with van der Waals surface area (Å²) in [5.74, 6) is 0.0849. The van der Waals surface area contributed by atoms with Crippen molar-refractivity contribution in [3.05, 3.63) is 35.9 Å². The third-order valence-corrected chi connectivity index (χ3v) is 7.06. The standard InChI is InChI=1S/C25H39BrN2O5/c1-25(2,11-6-7-12-26)17-27-15-21(29)20(14-18-8-4-3-5-9-18)28-24(30)33-22-16-32-23-19(22)10-13-31-23/h3-5,8-9,19-23,27,29H,6-7,10-17H2,1-2H3,(H,28,30). The minimum absolute atomic E-state index is 0.0849. The highest BCUT2D eigenvalue weighted by atomic mass is 79.9. The first-order valence-electron chi connectivity index (χ1n) is 12.1. The van der Waals surface area contributed by atoms with E-state index in [-0.39, 0.29) is 23.7 Å². The van der Waals surface area contributed by atoms with Crippen LogP contribution in [0.1, 0.15) is 45.1 Å². The second kappa shape index (κ2) is 13.0. The van der Waals surface area contributed by atoms with Crippen molar-refractivity contribution in [2.45, 2.75) is 70.5 Å². The van der Waals surface area contributed by atoms with Crippen LogP contribution in [0.15, 0.2) is 30.3 Å². The molecule has 0 spiro atoms. The minimum atomic E-state index is -0.751. The van der Waals surface area contributed by atoms with Crippen LogP contribution in [0, 0.1) is 11.3 Å². The zero-order valence-corrected chi connectivity index (χ0v) is 21.4. The summed E-state index contributed by atoms with van der Waals surface area (Å²) in [4.78, 5) is 12.7. The fourth-order valence-corrected chi connectivity index (χ4v) is 4.91. The first-order valence-corrected chi connectivity index (χ1v) is 13.2. The van der Waals surface area contributed by atoms with Crippen molar-refractivity contribution >= 4 is 22.0 Å². The second-order valence-electron chi connectivity index (χ2n) is 9.92. The predicted octanol–water partition coefficient (Wildman–Crippen LogP) is 3.63. The van der Waals surface area contributed by atoms with Gasteiger partial charge in [-0.15, -0.1) is 0 Å². The molecule has 1 amide bonds. The number of hydrogen-bond donors (Lipinski definition) is 3. The summed E-state index contributed by atoms with van der Waals surface area (Å²) in [6.07, 6.45) is 2.94. The Morgan fingerprint density at radius 1 is 1.27 bits per heavy atom. The van der Waals surface area contributed by atoms with Crippen LogP contribution in [0.2, 0.25) is 0 Å². The molecule has 0 saturated carbocycles. The number of aliphatic hydroxyl groups is 1. The van der Waals surface area contributed by atoms with Gasteiger partial charge in [0.05, 0.1) is 31.3 Å². The summed E-state index contributed by atoms with van der Waals surface area (Å²) in [5.41, 5.74) is 1.19. The number of carbonyl (C=O) groups is 1. The Morgan fingerprint density at radius 2 is 2.06 bits per heavy atom. The van der Waals surface area contributed by atoms with Crippen LogP contribution in [0.4, 0.5) is 4.79 Å². The molecule has 1 aromatic rings. The SMILES string of the molecule is CC(C)(CCCCBr)CNCC(O)C(Cc1ccccc1)NC(=O)OC1COC2OCCC12. The van der Waals surface area contributed by atoms with E-state index in [1.165, 1.54) is 6.42 Å². The fourth-order valence-electron chi connectivity index (χ4n) is 4.51. The van der Waals surface area contributed by atoms with Crippen molar-refractivity contribution in [3.8, 4) is 0 Å². The second-order valence-corrected chi connectivity index (χ2v) is 10.7. The number of fused-ring (bicyclic) bond motifs is 1. The maximum Gasteiger partial charge on any atom is 0.407 e. The third-order valence-electron chi connectivity index (χ3n) is 6.50. The van der Waals surface area contributed by atoms with E-state index in [9.17, 15) is 9.90 Å². The first kappa shape index (κ1) is 26.4. The van der Waals surface area contributed by atoms with Crippen LogP contribution in [0.3, 0.4) is 0 Å². The van der Waals surface area contributed by atoms with Gasteiger partial charge in [-0.3, -0.25) is 0 Å². The van der Waals surface area contributed by atoms with Gasteiger partial charge in [0.25, 0.3) is 0 Å². The molecule has 0 bridgehead atoms. The van der Waals surface area contributed by atoms with Gasteiger partial charge in [0, 0.05) is 18.4 Å². The van der Waals surface area contributed by atoms with Crippen molar-refractivity contribution in [1.29, 1.82) is 0 Å². The van der Waals surface area contributed by atoms with E-state index < -0.39 is 18.2 Å². The Morgan fingerprint density at radius 3 is 2.82 bits per heavy atom.